The second-order valence-corrected chi connectivity index (χ2v) is 14.4. The van der Waals surface area contributed by atoms with Gasteiger partial charge in [-0.05, 0) is 38.5 Å². The fourth-order valence-electron chi connectivity index (χ4n) is 6.30. The number of hydrogen-bond acceptors (Lipinski definition) is 10. The van der Waals surface area contributed by atoms with E-state index in [0.29, 0.717) is 6.42 Å². The Morgan fingerprint density at radius 1 is 0.588 bits per heavy atom. The second kappa shape index (κ2) is 33.0. The number of esters is 2. The van der Waals surface area contributed by atoms with Crippen LogP contribution in [0.5, 0.6) is 0 Å². The average molecular weight is 729 g/mol. The molecule has 2 unspecified atom stereocenters. The molecule has 0 amide bonds. The van der Waals surface area contributed by atoms with Crippen LogP contribution in [0.2, 0.25) is 0 Å². The summed E-state index contributed by atoms with van der Waals surface area (Å²) >= 11 is 0. The molecule has 0 spiro atoms. The van der Waals surface area contributed by atoms with Crippen LogP contribution in [-0.2, 0) is 28.5 Å². The van der Waals surface area contributed by atoms with Crippen molar-refractivity contribution >= 4 is 11.9 Å². The van der Waals surface area contributed by atoms with Crippen molar-refractivity contribution in [2.24, 2.45) is 0 Å². The summed E-state index contributed by atoms with van der Waals surface area (Å²) in [4.78, 5) is 25.2. The van der Waals surface area contributed by atoms with Crippen LogP contribution in [0.15, 0.2) is 12.2 Å². The van der Waals surface area contributed by atoms with E-state index in [4.69, 9.17) is 18.9 Å². The zero-order valence-electron chi connectivity index (χ0n) is 32.4. The smallest absolute Gasteiger partial charge is 0.306 e. The highest BCUT2D eigenvalue weighted by atomic mass is 16.7. The molecule has 0 radical (unpaired) electrons. The Balaban J connectivity index is 2.35. The van der Waals surface area contributed by atoms with Gasteiger partial charge in [-0.15, -0.1) is 0 Å². The van der Waals surface area contributed by atoms with Crippen molar-refractivity contribution in [1.82, 2.24) is 0 Å². The van der Waals surface area contributed by atoms with E-state index in [-0.39, 0.29) is 32.0 Å². The SMILES string of the molecule is CCCCCC/C=C/CCCCCCCCCC(=O)OC[C@@H](CO[C@H]1O[C@@H](CO)[C@@H](O)C(O)C1O)OC(=O)CCCCCCCCCCCCC. The lowest BCUT2D eigenvalue weighted by Crippen LogP contribution is -2.59. The van der Waals surface area contributed by atoms with E-state index < -0.39 is 49.4 Å². The molecule has 10 heteroatoms. The van der Waals surface area contributed by atoms with Crippen molar-refractivity contribution in [2.45, 2.75) is 218 Å². The van der Waals surface area contributed by atoms with Gasteiger partial charge in [0.15, 0.2) is 12.4 Å². The molecule has 6 atom stereocenters. The Hall–Kier alpha value is -1.56. The molecule has 0 aliphatic carbocycles. The van der Waals surface area contributed by atoms with Crippen molar-refractivity contribution < 1.29 is 49.0 Å². The Labute approximate surface area is 310 Å². The number of carbonyl (C=O) groups excluding carboxylic acids is 2. The molecule has 300 valence electrons. The first-order valence-electron chi connectivity index (χ1n) is 20.8. The minimum absolute atomic E-state index is 0.215. The number of rotatable bonds is 34. The summed E-state index contributed by atoms with van der Waals surface area (Å²) in [6.45, 7) is 3.39. The van der Waals surface area contributed by atoms with E-state index >= 15 is 0 Å². The third kappa shape index (κ3) is 25.2. The van der Waals surface area contributed by atoms with Crippen LogP contribution >= 0.6 is 0 Å². The molecular weight excluding hydrogens is 652 g/mol. The van der Waals surface area contributed by atoms with E-state index in [1.165, 1.54) is 96.3 Å². The summed E-state index contributed by atoms with van der Waals surface area (Å²) in [6.07, 6.45) is 25.0. The van der Waals surface area contributed by atoms with E-state index in [9.17, 15) is 30.0 Å². The van der Waals surface area contributed by atoms with Gasteiger partial charge >= 0.3 is 11.9 Å². The fourth-order valence-corrected chi connectivity index (χ4v) is 6.30. The Kier molecular flexibility index (Phi) is 30.7. The Morgan fingerprint density at radius 2 is 1.04 bits per heavy atom. The molecule has 10 nitrogen and oxygen atoms in total. The van der Waals surface area contributed by atoms with E-state index in [1.807, 2.05) is 0 Å². The number of allylic oxidation sites excluding steroid dienone is 2. The summed E-state index contributed by atoms with van der Waals surface area (Å²) in [6, 6.07) is 0. The van der Waals surface area contributed by atoms with E-state index in [1.54, 1.807) is 0 Å². The molecule has 0 bridgehead atoms. The monoisotopic (exact) mass is 729 g/mol. The van der Waals surface area contributed by atoms with Crippen LogP contribution in [0, 0.1) is 0 Å². The molecule has 0 aromatic heterocycles. The number of carbonyl (C=O) groups is 2. The number of aliphatic hydroxyl groups is 4. The molecule has 51 heavy (non-hydrogen) atoms. The van der Waals surface area contributed by atoms with Gasteiger partial charge in [0.2, 0.25) is 0 Å². The highest BCUT2D eigenvalue weighted by Crippen LogP contribution is 2.22. The third-order valence-electron chi connectivity index (χ3n) is 9.65. The third-order valence-corrected chi connectivity index (χ3v) is 9.65. The van der Waals surface area contributed by atoms with Crippen molar-refractivity contribution in [3.63, 3.8) is 0 Å². The van der Waals surface area contributed by atoms with Crippen LogP contribution < -0.4 is 0 Å². The van der Waals surface area contributed by atoms with Crippen molar-refractivity contribution in [1.29, 1.82) is 0 Å². The van der Waals surface area contributed by atoms with Gasteiger partial charge in [0.1, 0.15) is 31.0 Å². The van der Waals surface area contributed by atoms with Crippen LogP contribution in [-0.4, -0.2) is 89.0 Å². The van der Waals surface area contributed by atoms with Gasteiger partial charge in [-0.2, -0.15) is 0 Å². The van der Waals surface area contributed by atoms with Crippen LogP contribution in [0.3, 0.4) is 0 Å². The van der Waals surface area contributed by atoms with Crippen molar-refractivity contribution in [2.75, 3.05) is 19.8 Å². The number of hydrogen-bond donors (Lipinski definition) is 4. The predicted octanol–water partition coefficient (Wildman–Crippen LogP) is 8.00. The van der Waals surface area contributed by atoms with Gasteiger partial charge in [0.25, 0.3) is 0 Å². The lowest BCUT2D eigenvalue weighted by Gasteiger charge is -2.39. The van der Waals surface area contributed by atoms with Gasteiger partial charge in [-0.1, -0.05) is 142 Å². The Morgan fingerprint density at radius 3 is 1.55 bits per heavy atom. The van der Waals surface area contributed by atoms with Gasteiger partial charge in [-0.3, -0.25) is 9.59 Å². The van der Waals surface area contributed by atoms with E-state index in [0.717, 1.165) is 51.4 Å². The minimum Gasteiger partial charge on any atom is -0.462 e. The van der Waals surface area contributed by atoms with Gasteiger partial charge in [-0.25, -0.2) is 0 Å². The molecule has 1 aliphatic rings. The first kappa shape index (κ1) is 47.5. The molecule has 1 saturated heterocycles. The number of unbranched alkanes of at least 4 members (excludes halogenated alkanes) is 21. The van der Waals surface area contributed by atoms with Crippen molar-refractivity contribution in [3.05, 3.63) is 12.2 Å². The summed E-state index contributed by atoms with van der Waals surface area (Å²) in [5, 5.41) is 39.9. The predicted molar refractivity (Wildman–Crippen MR) is 201 cm³/mol. The zero-order valence-corrected chi connectivity index (χ0v) is 32.4. The highest BCUT2D eigenvalue weighted by molar-refractivity contribution is 5.70. The average Bonchev–Trinajstić information content (AvgIpc) is 3.13. The molecule has 0 saturated carbocycles. The van der Waals surface area contributed by atoms with E-state index in [2.05, 4.69) is 26.0 Å². The zero-order chi connectivity index (χ0) is 37.4. The molecule has 1 heterocycles. The maximum absolute atomic E-state index is 12.7. The molecule has 1 rings (SSSR count). The number of aliphatic hydroxyl groups excluding tert-OH is 4. The largest absolute Gasteiger partial charge is 0.462 e. The van der Waals surface area contributed by atoms with Crippen LogP contribution in [0.1, 0.15) is 181 Å². The minimum atomic E-state index is -1.59. The molecule has 0 aromatic carbocycles. The maximum Gasteiger partial charge on any atom is 0.306 e. The highest BCUT2D eigenvalue weighted by Gasteiger charge is 2.44. The Bertz CT molecular complexity index is 850. The first-order valence-corrected chi connectivity index (χ1v) is 20.8. The van der Waals surface area contributed by atoms with Crippen molar-refractivity contribution in [3.8, 4) is 0 Å². The number of ether oxygens (including phenoxy) is 4. The molecular formula is C41H76O10. The second-order valence-electron chi connectivity index (χ2n) is 14.4. The topological polar surface area (TPSA) is 152 Å². The summed E-state index contributed by atoms with van der Waals surface area (Å²) in [5.41, 5.74) is 0. The van der Waals surface area contributed by atoms with Gasteiger partial charge < -0.3 is 39.4 Å². The van der Waals surface area contributed by atoms with Gasteiger partial charge in [0, 0.05) is 12.8 Å². The van der Waals surface area contributed by atoms with Crippen LogP contribution in [0.4, 0.5) is 0 Å². The quantitative estimate of drug-likeness (QED) is 0.0291. The maximum atomic E-state index is 12.7. The summed E-state index contributed by atoms with van der Waals surface area (Å²) in [7, 11) is 0. The first-order chi connectivity index (χ1) is 24.8. The van der Waals surface area contributed by atoms with Crippen LogP contribution in [0.25, 0.3) is 0 Å². The summed E-state index contributed by atoms with van der Waals surface area (Å²) in [5.74, 6) is -0.807. The molecule has 4 N–H and O–H groups in total. The molecule has 1 aliphatic heterocycles. The normalized spacial score (nSPS) is 21.3. The van der Waals surface area contributed by atoms with Gasteiger partial charge in [0.05, 0.1) is 13.2 Å². The fraction of sp³-hybridized carbons (Fsp3) is 0.902. The lowest BCUT2D eigenvalue weighted by atomic mass is 9.99. The standard InChI is InChI=1S/C41H76O10/c1-3-5-7-9-11-13-15-16-17-18-20-21-23-25-27-29-36(43)48-32-34(33-49-41-40(47)39(46)38(45)35(31-42)51-41)50-37(44)30-28-26-24-22-19-14-12-10-8-6-4-2/h13,15,34-35,38-42,45-47H,3-12,14,16-33H2,1-2H3/b15-13+/t34-,35-,38+,39?,40?,41-/m0/s1. The lowest BCUT2D eigenvalue weighted by molar-refractivity contribution is -0.305. The molecule has 1 fully saturated rings. The molecule has 0 aromatic rings. The summed E-state index contributed by atoms with van der Waals surface area (Å²) < 4.78 is 22.1.